The van der Waals surface area contributed by atoms with Crippen molar-refractivity contribution in [2.24, 2.45) is 11.7 Å². The van der Waals surface area contributed by atoms with E-state index in [0.29, 0.717) is 12.5 Å². The van der Waals surface area contributed by atoms with Crippen LogP contribution < -0.4 is 5.73 Å². The topological polar surface area (TPSA) is 35.2 Å². The molecule has 0 aliphatic heterocycles. The quantitative estimate of drug-likeness (QED) is 0.708. The van der Waals surface area contributed by atoms with Crippen molar-refractivity contribution in [3.05, 3.63) is 35.6 Å². The first-order chi connectivity index (χ1) is 8.27. The number of methoxy groups -OCH3 is 1. The average molecular weight is 239 g/mol. The van der Waals surface area contributed by atoms with Gasteiger partial charge in [0, 0.05) is 13.7 Å². The Bertz CT molecular complexity index is 317. The molecule has 1 aromatic rings. The Kier molecular flexibility index (Phi) is 6.82. The maximum atomic E-state index is 13.5. The van der Waals surface area contributed by atoms with Crippen LogP contribution in [0.2, 0.25) is 0 Å². The van der Waals surface area contributed by atoms with E-state index in [2.05, 4.69) is 0 Å². The van der Waals surface area contributed by atoms with E-state index in [1.54, 1.807) is 13.2 Å². The van der Waals surface area contributed by atoms with Crippen LogP contribution in [-0.2, 0) is 11.2 Å². The second-order valence-corrected chi connectivity index (χ2v) is 4.39. The number of rotatable bonds is 8. The standard InChI is InChI=1S/C14H22FNO/c1-17-9-5-4-6-12(11-16)10-13-7-2-3-8-14(13)15/h2-3,7-8,12H,4-6,9-11,16H2,1H3. The minimum Gasteiger partial charge on any atom is -0.385 e. The molecule has 96 valence electrons. The van der Waals surface area contributed by atoms with Crippen LogP contribution in [0.1, 0.15) is 24.8 Å². The molecular formula is C14H22FNO. The summed E-state index contributed by atoms with van der Waals surface area (Å²) >= 11 is 0. The third-order valence-corrected chi connectivity index (χ3v) is 3.01. The molecule has 0 saturated heterocycles. The molecule has 0 spiro atoms. The molecular weight excluding hydrogens is 217 g/mol. The van der Waals surface area contributed by atoms with Crippen molar-refractivity contribution < 1.29 is 9.13 Å². The largest absolute Gasteiger partial charge is 0.385 e. The number of hydrogen-bond acceptors (Lipinski definition) is 2. The fourth-order valence-corrected chi connectivity index (χ4v) is 1.96. The molecule has 0 aliphatic rings. The van der Waals surface area contributed by atoms with Crippen LogP contribution in [0, 0.1) is 11.7 Å². The van der Waals surface area contributed by atoms with Crippen molar-refractivity contribution in [1.82, 2.24) is 0 Å². The second-order valence-electron chi connectivity index (χ2n) is 4.39. The molecule has 3 heteroatoms. The Labute approximate surface area is 103 Å². The molecule has 1 unspecified atom stereocenters. The van der Waals surface area contributed by atoms with Crippen molar-refractivity contribution in [1.29, 1.82) is 0 Å². The number of hydrogen-bond donors (Lipinski definition) is 1. The lowest BCUT2D eigenvalue weighted by atomic mass is 9.94. The molecule has 0 fully saturated rings. The summed E-state index contributed by atoms with van der Waals surface area (Å²) in [5.74, 6) is 0.242. The van der Waals surface area contributed by atoms with Crippen molar-refractivity contribution in [3.63, 3.8) is 0 Å². The van der Waals surface area contributed by atoms with Crippen LogP contribution in [0.15, 0.2) is 24.3 Å². The van der Waals surface area contributed by atoms with Gasteiger partial charge in [0.1, 0.15) is 5.82 Å². The van der Waals surface area contributed by atoms with E-state index < -0.39 is 0 Å². The maximum Gasteiger partial charge on any atom is 0.126 e. The van der Waals surface area contributed by atoms with Crippen molar-refractivity contribution >= 4 is 0 Å². The maximum absolute atomic E-state index is 13.5. The first-order valence-electron chi connectivity index (χ1n) is 6.20. The van der Waals surface area contributed by atoms with Gasteiger partial charge in [0.2, 0.25) is 0 Å². The van der Waals surface area contributed by atoms with Gasteiger partial charge in [0.05, 0.1) is 0 Å². The Hall–Kier alpha value is -0.930. The summed E-state index contributed by atoms with van der Waals surface area (Å²) in [6.45, 7) is 1.40. The number of nitrogens with two attached hydrogens (primary N) is 1. The summed E-state index contributed by atoms with van der Waals surface area (Å²) in [4.78, 5) is 0. The molecule has 0 amide bonds. The summed E-state index contributed by atoms with van der Waals surface area (Å²) in [6, 6.07) is 6.94. The first kappa shape index (κ1) is 14.1. The molecule has 17 heavy (non-hydrogen) atoms. The van der Waals surface area contributed by atoms with Crippen LogP contribution >= 0.6 is 0 Å². The zero-order valence-corrected chi connectivity index (χ0v) is 10.5. The molecule has 0 aromatic heterocycles. The van der Waals surface area contributed by atoms with Gasteiger partial charge in [0.25, 0.3) is 0 Å². The smallest absolute Gasteiger partial charge is 0.126 e. The lowest BCUT2D eigenvalue weighted by Crippen LogP contribution is -2.17. The summed E-state index contributed by atoms with van der Waals surface area (Å²) < 4.78 is 18.5. The van der Waals surface area contributed by atoms with Gasteiger partial charge < -0.3 is 10.5 Å². The molecule has 1 rings (SSSR count). The van der Waals surface area contributed by atoms with Gasteiger partial charge in [-0.3, -0.25) is 0 Å². The van der Waals surface area contributed by atoms with E-state index in [1.165, 1.54) is 6.07 Å². The normalized spacial score (nSPS) is 12.6. The van der Waals surface area contributed by atoms with E-state index in [1.807, 2.05) is 12.1 Å². The molecule has 0 heterocycles. The van der Waals surface area contributed by atoms with Crippen LogP contribution in [-0.4, -0.2) is 20.3 Å². The molecule has 0 saturated carbocycles. The van der Waals surface area contributed by atoms with E-state index in [0.717, 1.165) is 37.9 Å². The number of unbranched alkanes of at least 4 members (excludes halogenated alkanes) is 1. The van der Waals surface area contributed by atoms with Crippen LogP contribution in [0.5, 0.6) is 0 Å². The number of halogens is 1. The number of benzene rings is 1. The van der Waals surface area contributed by atoms with Crippen LogP contribution in [0.4, 0.5) is 4.39 Å². The summed E-state index contributed by atoms with van der Waals surface area (Å²) in [7, 11) is 1.71. The SMILES string of the molecule is COCCCCC(CN)Cc1ccccc1F. The molecule has 1 aromatic carbocycles. The van der Waals surface area contributed by atoms with Crippen molar-refractivity contribution in [2.45, 2.75) is 25.7 Å². The fourth-order valence-electron chi connectivity index (χ4n) is 1.96. The minimum absolute atomic E-state index is 0.122. The zero-order chi connectivity index (χ0) is 12.5. The van der Waals surface area contributed by atoms with Gasteiger partial charge in [0.15, 0.2) is 0 Å². The van der Waals surface area contributed by atoms with Gasteiger partial charge in [-0.25, -0.2) is 4.39 Å². The Morgan fingerprint density at radius 2 is 2.06 bits per heavy atom. The Balaban J connectivity index is 2.38. The van der Waals surface area contributed by atoms with Gasteiger partial charge in [-0.2, -0.15) is 0 Å². The highest BCUT2D eigenvalue weighted by Crippen LogP contribution is 2.16. The predicted octanol–water partition coefficient (Wildman–Crippen LogP) is 2.76. The first-order valence-corrected chi connectivity index (χ1v) is 6.20. The second kappa shape index (κ2) is 8.20. The Morgan fingerprint density at radius 1 is 1.29 bits per heavy atom. The highest BCUT2D eigenvalue weighted by atomic mass is 19.1. The minimum atomic E-state index is -0.122. The van der Waals surface area contributed by atoms with E-state index in [9.17, 15) is 4.39 Å². The van der Waals surface area contributed by atoms with Gasteiger partial charge in [-0.15, -0.1) is 0 Å². The van der Waals surface area contributed by atoms with Crippen molar-refractivity contribution in [2.75, 3.05) is 20.3 Å². The van der Waals surface area contributed by atoms with E-state index in [4.69, 9.17) is 10.5 Å². The molecule has 0 radical (unpaired) electrons. The summed E-state index contributed by atoms with van der Waals surface area (Å²) in [6.07, 6.45) is 3.90. The summed E-state index contributed by atoms with van der Waals surface area (Å²) in [5, 5.41) is 0. The van der Waals surface area contributed by atoms with Crippen LogP contribution in [0.25, 0.3) is 0 Å². The monoisotopic (exact) mass is 239 g/mol. The number of ether oxygens (including phenoxy) is 1. The molecule has 2 N–H and O–H groups in total. The highest BCUT2D eigenvalue weighted by Gasteiger charge is 2.10. The molecule has 1 atom stereocenters. The zero-order valence-electron chi connectivity index (χ0n) is 10.5. The molecule has 2 nitrogen and oxygen atoms in total. The highest BCUT2D eigenvalue weighted by molar-refractivity contribution is 5.17. The molecule has 0 aliphatic carbocycles. The fraction of sp³-hybridized carbons (Fsp3) is 0.571. The van der Waals surface area contributed by atoms with Gasteiger partial charge >= 0.3 is 0 Å². The lowest BCUT2D eigenvalue weighted by Gasteiger charge is -2.15. The average Bonchev–Trinajstić information content (AvgIpc) is 2.35. The predicted molar refractivity (Wildman–Crippen MR) is 68.4 cm³/mol. The molecule has 0 bridgehead atoms. The van der Waals surface area contributed by atoms with E-state index in [-0.39, 0.29) is 5.82 Å². The van der Waals surface area contributed by atoms with E-state index >= 15 is 0 Å². The lowest BCUT2D eigenvalue weighted by molar-refractivity contribution is 0.190. The van der Waals surface area contributed by atoms with Crippen molar-refractivity contribution in [3.8, 4) is 0 Å². The Morgan fingerprint density at radius 3 is 2.71 bits per heavy atom. The van der Waals surface area contributed by atoms with Gasteiger partial charge in [-0.05, 0) is 43.4 Å². The van der Waals surface area contributed by atoms with Crippen LogP contribution in [0.3, 0.4) is 0 Å². The summed E-state index contributed by atoms with van der Waals surface area (Å²) in [5.41, 5.74) is 6.50. The van der Waals surface area contributed by atoms with Gasteiger partial charge in [-0.1, -0.05) is 24.6 Å². The third-order valence-electron chi connectivity index (χ3n) is 3.01. The third kappa shape index (κ3) is 5.29.